The van der Waals surface area contributed by atoms with Crippen LogP contribution < -0.4 is 9.64 Å². The minimum Gasteiger partial charge on any atom is -0.490 e. The van der Waals surface area contributed by atoms with Gasteiger partial charge in [-0.1, -0.05) is 13.8 Å². The monoisotopic (exact) mass is 284 g/mol. The first-order valence-electron chi connectivity index (χ1n) is 6.48. The van der Waals surface area contributed by atoms with Gasteiger partial charge in [0.2, 0.25) is 10.0 Å². The molecule has 1 heterocycles. The second-order valence-corrected chi connectivity index (χ2v) is 6.43. The third-order valence-corrected chi connectivity index (χ3v) is 5.41. The number of hydrogen-bond donors (Lipinski definition) is 0. The lowest BCUT2D eigenvalue weighted by Crippen LogP contribution is -2.32. The van der Waals surface area contributed by atoms with Crippen LogP contribution in [0.1, 0.15) is 13.8 Å². The van der Waals surface area contributed by atoms with E-state index >= 15 is 0 Å². The van der Waals surface area contributed by atoms with Crippen molar-refractivity contribution in [3.63, 3.8) is 0 Å². The first-order chi connectivity index (χ1) is 9.00. The highest BCUT2D eigenvalue weighted by Gasteiger charge is 2.24. The zero-order valence-electron chi connectivity index (χ0n) is 11.6. The molecular formula is C13H20N2O3S. The number of rotatable bonds is 4. The van der Waals surface area contributed by atoms with E-state index in [9.17, 15) is 8.42 Å². The Balaban J connectivity index is 2.44. The molecule has 1 aliphatic heterocycles. The van der Waals surface area contributed by atoms with Crippen LogP contribution in [0, 0.1) is 0 Å². The fourth-order valence-electron chi connectivity index (χ4n) is 2.20. The molecule has 0 saturated carbocycles. The van der Waals surface area contributed by atoms with E-state index in [0.29, 0.717) is 24.6 Å². The van der Waals surface area contributed by atoms with Crippen molar-refractivity contribution in [3.8, 4) is 5.75 Å². The Hall–Kier alpha value is -1.27. The van der Waals surface area contributed by atoms with Crippen molar-refractivity contribution in [2.24, 2.45) is 0 Å². The maximum atomic E-state index is 12.5. The van der Waals surface area contributed by atoms with Crippen molar-refractivity contribution >= 4 is 15.7 Å². The number of hydrogen-bond acceptors (Lipinski definition) is 4. The van der Waals surface area contributed by atoms with Crippen LogP contribution in [0.15, 0.2) is 23.1 Å². The molecule has 0 amide bonds. The zero-order valence-corrected chi connectivity index (χ0v) is 12.4. The maximum absolute atomic E-state index is 12.5. The van der Waals surface area contributed by atoms with E-state index in [0.717, 1.165) is 18.0 Å². The van der Waals surface area contributed by atoms with Gasteiger partial charge < -0.3 is 9.64 Å². The van der Waals surface area contributed by atoms with Gasteiger partial charge in [0.05, 0.1) is 17.1 Å². The molecule has 0 atom stereocenters. The summed E-state index contributed by atoms with van der Waals surface area (Å²) in [6.07, 6.45) is 0. The van der Waals surface area contributed by atoms with Crippen molar-refractivity contribution < 1.29 is 13.2 Å². The maximum Gasteiger partial charge on any atom is 0.243 e. The molecule has 5 nitrogen and oxygen atoms in total. The summed E-state index contributed by atoms with van der Waals surface area (Å²) in [6, 6.07) is 5.05. The van der Waals surface area contributed by atoms with E-state index in [4.69, 9.17) is 4.74 Å². The predicted molar refractivity (Wildman–Crippen MR) is 75.3 cm³/mol. The molecule has 0 radical (unpaired) electrons. The third kappa shape index (κ3) is 2.55. The van der Waals surface area contributed by atoms with Crippen LogP contribution in [-0.2, 0) is 10.0 Å². The summed E-state index contributed by atoms with van der Waals surface area (Å²) in [5.41, 5.74) is 0.833. The van der Waals surface area contributed by atoms with E-state index in [1.807, 2.05) is 25.8 Å². The van der Waals surface area contributed by atoms with Gasteiger partial charge in [-0.2, -0.15) is 4.31 Å². The lowest BCUT2D eigenvalue weighted by molar-refractivity contribution is 0.311. The quantitative estimate of drug-likeness (QED) is 0.841. The molecule has 0 spiro atoms. The van der Waals surface area contributed by atoms with Crippen molar-refractivity contribution in [1.29, 1.82) is 0 Å². The van der Waals surface area contributed by atoms with E-state index < -0.39 is 10.0 Å². The lowest BCUT2D eigenvalue weighted by Gasteiger charge is -2.28. The van der Waals surface area contributed by atoms with Crippen LogP contribution in [-0.4, -0.2) is 46.0 Å². The number of ether oxygens (including phenoxy) is 1. The van der Waals surface area contributed by atoms with Crippen LogP contribution in [0.25, 0.3) is 0 Å². The number of likely N-dealkylation sites (N-methyl/N-ethyl adjacent to an activating group) is 1. The summed E-state index contributed by atoms with van der Waals surface area (Å²) in [4.78, 5) is 2.34. The Morgan fingerprint density at radius 2 is 2.00 bits per heavy atom. The van der Waals surface area contributed by atoms with Crippen LogP contribution >= 0.6 is 0 Å². The van der Waals surface area contributed by atoms with Crippen molar-refractivity contribution in [1.82, 2.24) is 4.31 Å². The lowest BCUT2D eigenvalue weighted by atomic mass is 10.2. The highest BCUT2D eigenvalue weighted by molar-refractivity contribution is 7.89. The molecule has 0 aliphatic carbocycles. The minimum absolute atomic E-state index is 0.326. The van der Waals surface area contributed by atoms with Crippen molar-refractivity contribution in [2.75, 3.05) is 38.2 Å². The molecule has 1 aromatic rings. The molecule has 1 aliphatic rings. The molecule has 2 rings (SSSR count). The van der Waals surface area contributed by atoms with Gasteiger partial charge in [-0.25, -0.2) is 8.42 Å². The minimum atomic E-state index is -3.41. The van der Waals surface area contributed by atoms with Crippen LogP contribution in [0.2, 0.25) is 0 Å². The van der Waals surface area contributed by atoms with Crippen molar-refractivity contribution in [2.45, 2.75) is 18.7 Å². The van der Waals surface area contributed by atoms with Gasteiger partial charge in [-0.3, -0.25) is 0 Å². The fraction of sp³-hybridized carbons (Fsp3) is 0.538. The average molecular weight is 284 g/mol. The Morgan fingerprint density at radius 1 is 1.32 bits per heavy atom. The number of fused-ring (bicyclic) bond motifs is 1. The van der Waals surface area contributed by atoms with Crippen LogP contribution in [0.3, 0.4) is 0 Å². The van der Waals surface area contributed by atoms with E-state index in [1.165, 1.54) is 4.31 Å². The molecule has 1 aromatic carbocycles. The van der Waals surface area contributed by atoms with Gasteiger partial charge in [0.15, 0.2) is 0 Å². The Labute approximate surface area is 114 Å². The van der Waals surface area contributed by atoms with E-state index in [1.54, 1.807) is 18.2 Å². The highest BCUT2D eigenvalue weighted by Crippen LogP contribution is 2.33. The molecule has 0 aromatic heterocycles. The molecule has 0 unspecified atom stereocenters. The van der Waals surface area contributed by atoms with Gasteiger partial charge in [-0.05, 0) is 18.2 Å². The van der Waals surface area contributed by atoms with Crippen molar-refractivity contribution in [3.05, 3.63) is 18.2 Å². The molecule has 0 saturated heterocycles. The number of benzene rings is 1. The molecule has 106 valence electrons. The number of nitrogens with zero attached hydrogens (tertiary/aromatic N) is 2. The summed E-state index contributed by atoms with van der Waals surface area (Å²) in [5.74, 6) is 0.743. The number of sulfonamides is 1. The third-order valence-electron chi connectivity index (χ3n) is 3.37. The molecule has 0 bridgehead atoms. The molecule has 0 fully saturated rings. The molecule has 19 heavy (non-hydrogen) atoms. The molecule has 0 N–H and O–H groups in total. The first-order valence-corrected chi connectivity index (χ1v) is 7.92. The molecule has 6 heteroatoms. The predicted octanol–water partition coefficient (Wildman–Crippen LogP) is 1.55. The second kappa shape index (κ2) is 5.38. The Morgan fingerprint density at radius 3 is 2.63 bits per heavy atom. The zero-order chi connectivity index (χ0) is 14.0. The summed E-state index contributed by atoms with van der Waals surface area (Å²) < 4.78 is 31.9. The first kappa shape index (κ1) is 14.1. The Bertz CT molecular complexity index is 553. The number of anilines is 1. The van der Waals surface area contributed by atoms with E-state index in [2.05, 4.69) is 0 Å². The van der Waals surface area contributed by atoms with Crippen LogP contribution in [0.4, 0.5) is 5.69 Å². The average Bonchev–Trinajstić information content (AvgIpc) is 2.40. The van der Waals surface area contributed by atoms with Gasteiger partial charge in [0.25, 0.3) is 0 Å². The van der Waals surface area contributed by atoms with Gasteiger partial charge in [0, 0.05) is 20.1 Å². The topological polar surface area (TPSA) is 49.9 Å². The summed E-state index contributed by atoms with van der Waals surface area (Å²) in [5, 5.41) is 0. The normalized spacial score (nSPS) is 15.3. The summed E-state index contributed by atoms with van der Waals surface area (Å²) in [7, 11) is -1.47. The standard InChI is InChI=1S/C13H20N2O3S/c1-4-15(5-2)19(16,17)11-6-7-13-12(10-11)14(3)8-9-18-13/h6-7,10H,4-5,8-9H2,1-3H3. The highest BCUT2D eigenvalue weighted by atomic mass is 32.2. The van der Waals surface area contributed by atoms with E-state index in [-0.39, 0.29) is 0 Å². The smallest absolute Gasteiger partial charge is 0.243 e. The SMILES string of the molecule is CCN(CC)S(=O)(=O)c1ccc2c(c1)N(C)CCO2. The van der Waals surface area contributed by atoms with Gasteiger partial charge in [-0.15, -0.1) is 0 Å². The summed E-state index contributed by atoms with van der Waals surface area (Å²) in [6.45, 7) is 6.03. The summed E-state index contributed by atoms with van der Waals surface area (Å²) >= 11 is 0. The van der Waals surface area contributed by atoms with Gasteiger partial charge >= 0.3 is 0 Å². The Kier molecular flexibility index (Phi) is 4.01. The second-order valence-electron chi connectivity index (χ2n) is 4.49. The van der Waals surface area contributed by atoms with Crippen LogP contribution in [0.5, 0.6) is 5.75 Å². The largest absolute Gasteiger partial charge is 0.490 e. The van der Waals surface area contributed by atoms with Gasteiger partial charge in [0.1, 0.15) is 12.4 Å². The fourth-order valence-corrected chi connectivity index (χ4v) is 3.68. The molecular weight excluding hydrogens is 264 g/mol.